The molecule has 2 N–H and O–H groups in total. The first-order valence-electron chi connectivity index (χ1n) is 21.5. The lowest BCUT2D eigenvalue weighted by molar-refractivity contribution is 0.00578. The second-order valence-corrected chi connectivity index (χ2v) is 18.2. The molecule has 4 atom stereocenters. The highest BCUT2D eigenvalue weighted by molar-refractivity contribution is 9.10. The number of nitrogens with zero attached hydrogens (tertiary/aromatic N) is 6. The van der Waals surface area contributed by atoms with Crippen LogP contribution in [0.3, 0.4) is 0 Å². The molecular weight excluding hydrogens is 823 g/mol. The minimum Gasteiger partial charge on any atom is -0.399 e. The Hall–Kier alpha value is -4.08. The second kappa shape index (κ2) is 19.3. The van der Waals surface area contributed by atoms with Gasteiger partial charge in [-0.05, 0) is 108 Å². The van der Waals surface area contributed by atoms with Crippen LogP contribution in [0.4, 0.5) is 22.7 Å². The van der Waals surface area contributed by atoms with E-state index in [-0.39, 0.29) is 41.5 Å². The quantitative estimate of drug-likeness (QED) is 0.172. The van der Waals surface area contributed by atoms with Crippen molar-refractivity contribution in [2.24, 2.45) is 0 Å². The van der Waals surface area contributed by atoms with E-state index in [0.717, 1.165) is 80.1 Å². The van der Waals surface area contributed by atoms with Crippen molar-refractivity contribution in [2.45, 2.75) is 104 Å². The van der Waals surface area contributed by atoms with Gasteiger partial charge >= 0.3 is 7.12 Å². The molecule has 3 aliphatic rings. The molecule has 4 unspecified atom stereocenters. The largest absolute Gasteiger partial charge is 0.494 e. The van der Waals surface area contributed by atoms with E-state index in [4.69, 9.17) is 9.31 Å². The summed E-state index contributed by atoms with van der Waals surface area (Å²) in [5.74, 6) is 0. The Labute approximate surface area is 364 Å². The Morgan fingerprint density at radius 2 is 0.917 bits per heavy atom. The first kappa shape index (κ1) is 45.5. The van der Waals surface area contributed by atoms with Gasteiger partial charge in [0, 0.05) is 104 Å². The minimum absolute atomic E-state index is 0.0504. The standard InChI is InChI=1S/C26H38BN3O4.C20H26BrN3O2/c1-7-23(19(2)31)30-13-12-22(18-24(30)32)29-16-14-28(15-17-29)21-10-8-20(9-11-21)27-33-25(3,4)26(5,6)34-27;1-3-19(15(2)25)24-9-8-18(14-20(24)26)23-12-10-22(11-13-23)17-6-4-16(21)5-7-17/h8-13,18-19,23,31H,7,14-17H2,1-6H3;4-9,14-15,19,25H,3,10-13H2,1-2H3. The summed E-state index contributed by atoms with van der Waals surface area (Å²) in [6.45, 7) is 22.8. The van der Waals surface area contributed by atoms with Crippen molar-refractivity contribution >= 4 is 51.3 Å². The zero-order valence-electron chi connectivity index (χ0n) is 36.6. The smallest absolute Gasteiger partial charge is 0.399 e. The Kier molecular flexibility index (Phi) is 14.6. The highest BCUT2D eigenvalue weighted by Gasteiger charge is 2.51. The predicted molar refractivity (Wildman–Crippen MR) is 249 cm³/mol. The lowest BCUT2D eigenvalue weighted by Crippen LogP contribution is -2.47. The number of benzene rings is 2. The Morgan fingerprint density at radius 1 is 0.583 bits per heavy atom. The summed E-state index contributed by atoms with van der Waals surface area (Å²) < 4.78 is 16.7. The third-order valence-corrected chi connectivity index (χ3v) is 13.3. The third-order valence-electron chi connectivity index (χ3n) is 12.8. The van der Waals surface area contributed by atoms with Crippen LogP contribution in [0.2, 0.25) is 0 Å². The fraction of sp³-hybridized carbons (Fsp3) is 0.522. The molecular formula is C46H64BBrN6O6. The predicted octanol–water partition coefficient (Wildman–Crippen LogP) is 6.08. The molecule has 12 nitrogen and oxygen atoms in total. The zero-order valence-corrected chi connectivity index (χ0v) is 38.2. The third kappa shape index (κ3) is 10.3. The van der Waals surface area contributed by atoms with Gasteiger partial charge in [-0.15, -0.1) is 0 Å². The molecule has 0 saturated carbocycles. The molecule has 0 aliphatic carbocycles. The van der Waals surface area contributed by atoms with E-state index < -0.39 is 12.2 Å². The van der Waals surface area contributed by atoms with Gasteiger partial charge in [-0.25, -0.2) is 0 Å². The monoisotopic (exact) mass is 886 g/mol. The number of aliphatic hydroxyl groups excluding tert-OH is 2. The van der Waals surface area contributed by atoms with E-state index in [1.807, 2.05) is 38.4 Å². The van der Waals surface area contributed by atoms with E-state index in [1.165, 1.54) is 11.4 Å². The number of halogens is 1. The molecule has 7 rings (SSSR count). The minimum atomic E-state index is -0.562. The number of pyridine rings is 2. The maximum Gasteiger partial charge on any atom is 0.494 e. The van der Waals surface area contributed by atoms with Crippen LogP contribution in [-0.4, -0.2) is 102 Å². The summed E-state index contributed by atoms with van der Waals surface area (Å²) >= 11 is 3.47. The maximum absolute atomic E-state index is 12.7. The summed E-state index contributed by atoms with van der Waals surface area (Å²) in [6.07, 6.45) is 3.97. The SMILES string of the molecule is CCC(C(C)O)n1ccc(N2CCN(c3ccc(B4OC(C)(C)C(C)(C)O4)cc3)CC2)cc1=O.CCC(C(C)O)n1ccc(N2CCN(c3ccc(Br)cc3)CC2)cc1=O. The molecule has 2 aromatic heterocycles. The highest BCUT2D eigenvalue weighted by Crippen LogP contribution is 2.36. The summed E-state index contributed by atoms with van der Waals surface area (Å²) in [5, 5.41) is 19.9. The number of hydrogen-bond donors (Lipinski definition) is 2. The number of aromatic nitrogens is 2. The van der Waals surface area contributed by atoms with Crippen LogP contribution in [0.5, 0.6) is 0 Å². The van der Waals surface area contributed by atoms with Gasteiger partial charge in [-0.1, -0.05) is 41.9 Å². The van der Waals surface area contributed by atoms with Crippen molar-refractivity contribution in [3.05, 3.63) is 110 Å². The van der Waals surface area contributed by atoms with Crippen LogP contribution < -0.4 is 36.2 Å². The zero-order chi connectivity index (χ0) is 43.4. The lowest BCUT2D eigenvalue weighted by atomic mass is 9.79. The highest BCUT2D eigenvalue weighted by atomic mass is 79.9. The summed E-state index contributed by atoms with van der Waals surface area (Å²) in [7, 11) is -0.348. The fourth-order valence-corrected chi connectivity index (χ4v) is 8.62. The molecule has 14 heteroatoms. The van der Waals surface area contributed by atoms with Crippen LogP contribution in [-0.2, 0) is 9.31 Å². The van der Waals surface area contributed by atoms with Crippen LogP contribution >= 0.6 is 15.9 Å². The van der Waals surface area contributed by atoms with Gasteiger partial charge in [0.25, 0.3) is 11.1 Å². The average molecular weight is 888 g/mol. The fourth-order valence-electron chi connectivity index (χ4n) is 8.36. The van der Waals surface area contributed by atoms with Crippen molar-refractivity contribution in [3.63, 3.8) is 0 Å². The van der Waals surface area contributed by atoms with Crippen LogP contribution in [0.15, 0.2) is 99.3 Å². The summed E-state index contributed by atoms with van der Waals surface area (Å²) in [6, 6.07) is 23.8. The Morgan fingerprint density at radius 3 is 1.23 bits per heavy atom. The number of aliphatic hydroxyl groups is 2. The second-order valence-electron chi connectivity index (χ2n) is 17.3. The molecule has 3 saturated heterocycles. The molecule has 4 aromatic rings. The molecule has 0 bridgehead atoms. The molecule has 5 heterocycles. The van der Waals surface area contributed by atoms with E-state index in [0.29, 0.717) is 6.42 Å². The molecule has 0 radical (unpaired) electrons. The van der Waals surface area contributed by atoms with Gasteiger partial charge in [0.1, 0.15) is 0 Å². The van der Waals surface area contributed by atoms with Gasteiger partial charge in [-0.2, -0.15) is 0 Å². The van der Waals surface area contributed by atoms with Crippen molar-refractivity contribution in [2.75, 3.05) is 72.0 Å². The van der Waals surface area contributed by atoms with E-state index >= 15 is 0 Å². The van der Waals surface area contributed by atoms with Crippen LogP contribution in [0.1, 0.15) is 80.3 Å². The van der Waals surface area contributed by atoms with E-state index in [1.54, 1.807) is 35.1 Å². The molecule has 324 valence electrons. The normalized spacial score (nSPS) is 19.7. The van der Waals surface area contributed by atoms with Crippen molar-refractivity contribution in [1.82, 2.24) is 9.13 Å². The first-order chi connectivity index (χ1) is 28.5. The van der Waals surface area contributed by atoms with Gasteiger partial charge in [-0.3, -0.25) is 9.59 Å². The van der Waals surface area contributed by atoms with Crippen molar-refractivity contribution in [1.29, 1.82) is 0 Å². The van der Waals surface area contributed by atoms with Gasteiger partial charge in [0.15, 0.2) is 0 Å². The van der Waals surface area contributed by atoms with Crippen molar-refractivity contribution in [3.8, 4) is 0 Å². The Bertz CT molecular complexity index is 2110. The van der Waals surface area contributed by atoms with E-state index in [9.17, 15) is 19.8 Å². The summed E-state index contributed by atoms with van der Waals surface area (Å²) in [4.78, 5) is 34.4. The average Bonchev–Trinajstić information content (AvgIpc) is 3.45. The molecule has 3 fully saturated rings. The van der Waals surface area contributed by atoms with Crippen molar-refractivity contribution < 1.29 is 19.5 Å². The molecule has 0 amide bonds. The summed E-state index contributed by atoms with van der Waals surface area (Å²) in [5.41, 5.74) is 4.53. The molecule has 60 heavy (non-hydrogen) atoms. The lowest BCUT2D eigenvalue weighted by Gasteiger charge is -2.37. The topological polar surface area (TPSA) is 116 Å². The number of piperazine rings is 2. The number of anilines is 4. The van der Waals surface area contributed by atoms with Gasteiger partial charge < -0.3 is 48.3 Å². The van der Waals surface area contributed by atoms with Gasteiger partial charge in [0.2, 0.25) is 0 Å². The Balaban J connectivity index is 0.000000209. The maximum atomic E-state index is 12.7. The van der Waals surface area contributed by atoms with Gasteiger partial charge in [0.05, 0.1) is 35.5 Å². The molecule has 0 spiro atoms. The number of hydrogen-bond acceptors (Lipinski definition) is 10. The molecule has 3 aliphatic heterocycles. The first-order valence-corrected chi connectivity index (χ1v) is 22.3. The van der Waals surface area contributed by atoms with Crippen LogP contribution in [0.25, 0.3) is 0 Å². The van der Waals surface area contributed by atoms with Crippen LogP contribution in [0, 0.1) is 0 Å². The van der Waals surface area contributed by atoms with E-state index in [2.05, 4.69) is 112 Å². The molecule has 2 aromatic carbocycles. The number of rotatable bonds is 11.